The molecule has 0 unspecified atom stereocenters. The molecule has 3 rings (SSSR count). The van der Waals surface area contributed by atoms with Gasteiger partial charge in [0.05, 0.1) is 12.3 Å². The molecule has 1 aliphatic heterocycles. The number of aryl methyl sites for hydroxylation is 1. The lowest BCUT2D eigenvalue weighted by molar-refractivity contribution is 0.0909. The minimum Gasteiger partial charge on any atom is -0.459 e. The second-order valence-electron chi connectivity index (χ2n) is 5.81. The van der Waals surface area contributed by atoms with Crippen molar-refractivity contribution in [2.75, 3.05) is 19.6 Å². The summed E-state index contributed by atoms with van der Waals surface area (Å²) in [5.41, 5.74) is 2.12. The Bertz CT molecular complexity index is 615. The lowest BCUT2D eigenvalue weighted by Gasteiger charge is -2.28. The molecule has 1 saturated heterocycles. The number of rotatable bonds is 5. The van der Waals surface area contributed by atoms with Crippen molar-refractivity contribution < 1.29 is 9.21 Å². The van der Waals surface area contributed by atoms with Crippen LogP contribution < -0.4 is 5.32 Å². The third kappa shape index (κ3) is 3.22. The predicted molar refractivity (Wildman–Crippen MR) is 85.8 cm³/mol. The van der Waals surface area contributed by atoms with Crippen molar-refractivity contribution in [1.82, 2.24) is 10.2 Å². The summed E-state index contributed by atoms with van der Waals surface area (Å²) in [4.78, 5) is 14.7. The number of nitrogens with zero attached hydrogens (tertiary/aromatic N) is 1. The van der Waals surface area contributed by atoms with Gasteiger partial charge in [0.2, 0.25) is 0 Å². The van der Waals surface area contributed by atoms with Crippen LogP contribution in [0.4, 0.5) is 0 Å². The van der Waals surface area contributed by atoms with Gasteiger partial charge in [0, 0.05) is 12.1 Å². The Hall–Kier alpha value is -2.07. The molecule has 2 heterocycles. The number of carbonyl (C=O) groups is 1. The summed E-state index contributed by atoms with van der Waals surface area (Å²) in [6.07, 6.45) is 4.02. The number of carbonyl (C=O) groups excluding carboxylic acids is 1. The summed E-state index contributed by atoms with van der Waals surface area (Å²) < 4.78 is 5.26. The van der Waals surface area contributed by atoms with E-state index in [1.165, 1.54) is 18.4 Å². The summed E-state index contributed by atoms with van der Waals surface area (Å²) in [6, 6.07) is 12.4. The monoisotopic (exact) mass is 298 g/mol. The normalized spacial score (nSPS) is 16.6. The van der Waals surface area contributed by atoms with Crippen LogP contribution in [0.25, 0.3) is 0 Å². The Kier molecular flexibility index (Phi) is 4.59. The van der Waals surface area contributed by atoms with Gasteiger partial charge >= 0.3 is 0 Å². The van der Waals surface area contributed by atoms with Crippen molar-refractivity contribution in [3.8, 4) is 0 Å². The molecule has 2 aromatic rings. The standard InChI is InChI=1S/C18H22N2O2/c1-14-9-12-22-17(14)18(21)19-13-16(20-10-5-6-11-20)15-7-3-2-4-8-15/h2-4,7-9,12,16H,5-6,10-11,13H2,1H3,(H,19,21)/t16-/m0/s1. The second kappa shape index (κ2) is 6.79. The second-order valence-corrected chi connectivity index (χ2v) is 5.81. The minimum absolute atomic E-state index is 0.136. The van der Waals surface area contributed by atoms with Crippen molar-refractivity contribution >= 4 is 5.91 Å². The van der Waals surface area contributed by atoms with Gasteiger partial charge in [-0.15, -0.1) is 0 Å². The van der Waals surface area contributed by atoms with Crippen molar-refractivity contribution in [2.45, 2.75) is 25.8 Å². The van der Waals surface area contributed by atoms with Gasteiger partial charge in [0.25, 0.3) is 5.91 Å². The first kappa shape index (κ1) is 14.9. The summed E-state index contributed by atoms with van der Waals surface area (Å²) in [5, 5.41) is 3.03. The molecular formula is C18H22N2O2. The van der Waals surface area contributed by atoms with Gasteiger partial charge in [-0.2, -0.15) is 0 Å². The van der Waals surface area contributed by atoms with Crippen LogP contribution in [0.3, 0.4) is 0 Å². The highest BCUT2D eigenvalue weighted by Gasteiger charge is 2.24. The number of amides is 1. The first-order valence-corrected chi connectivity index (χ1v) is 7.87. The molecular weight excluding hydrogens is 276 g/mol. The van der Waals surface area contributed by atoms with Gasteiger partial charge in [-0.3, -0.25) is 9.69 Å². The maximum absolute atomic E-state index is 12.3. The van der Waals surface area contributed by atoms with Crippen LogP contribution in [0.15, 0.2) is 47.1 Å². The van der Waals surface area contributed by atoms with Gasteiger partial charge in [-0.25, -0.2) is 0 Å². The predicted octanol–water partition coefficient (Wildman–Crippen LogP) is 3.15. The molecule has 4 heteroatoms. The summed E-state index contributed by atoms with van der Waals surface area (Å²) in [5.74, 6) is 0.274. The Labute approximate surface area is 131 Å². The molecule has 1 fully saturated rings. The molecule has 4 nitrogen and oxygen atoms in total. The van der Waals surface area contributed by atoms with E-state index in [-0.39, 0.29) is 11.9 Å². The van der Waals surface area contributed by atoms with Gasteiger partial charge in [-0.1, -0.05) is 30.3 Å². The van der Waals surface area contributed by atoms with E-state index >= 15 is 0 Å². The lowest BCUT2D eigenvalue weighted by Crippen LogP contribution is -2.36. The summed E-state index contributed by atoms with van der Waals surface area (Å²) in [7, 11) is 0. The minimum atomic E-state index is -0.136. The average molecular weight is 298 g/mol. The van der Waals surface area contributed by atoms with Crippen LogP contribution in [0.1, 0.15) is 40.6 Å². The van der Waals surface area contributed by atoms with Crippen LogP contribution >= 0.6 is 0 Å². The Balaban J connectivity index is 1.70. The topological polar surface area (TPSA) is 45.5 Å². The Morgan fingerprint density at radius 3 is 2.59 bits per heavy atom. The van der Waals surface area contributed by atoms with Crippen LogP contribution in [0.2, 0.25) is 0 Å². The highest BCUT2D eigenvalue weighted by atomic mass is 16.3. The lowest BCUT2D eigenvalue weighted by atomic mass is 10.1. The number of likely N-dealkylation sites (tertiary alicyclic amines) is 1. The number of nitrogens with one attached hydrogen (secondary N) is 1. The first-order chi connectivity index (χ1) is 10.8. The van der Waals surface area contributed by atoms with Crippen LogP contribution in [-0.2, 0) is 0 Å². The SMILES string of the molecule is Cc1ccoc1C(=O)NC[C@@H](c1ccccc1)N1CCCC1. The molecule has 116 valence electrons. The number of hydrogen-bond acceptors (Lipinski definition) is 3. The fraction of sp³-hybridized carbons (Fsp3) is 0.389. The molecule has 1 aromatic heterocycles. The maximum Gasteiger partial charge on any atom is 0.287 e. The molecule has 22 heavy (non-hydrogen) atoms. The molecule has 1 aliphatic rings. The fourth-order valence-corrected chi connectivity index (χ4v) is 3.06. The van der Waals surface area contributed by atoms with E-state index in [1.54, 1.807) is 6.26 Å². The van der Waals surface area contributed by atoms with Crippen molar-refractivity contribution in [1.29, 1.82) is 0 Å². The van der Waals surface area contributed by atoms with Crippen LogP contribution in [0.5, 0.6) is 0 Å². The third-order valence-electron chi connectivity index (χ3n) is 4.29. The van der Waals surface area contributed by atoms with Gasteiger partial charge in [-0.05, 0) is 44.5 Å². The van der Waals surface area contributed by atoms with E-state index in [0.29, 0.717) is 12.3 Å². The molecule has 1 amide bonds. The largest absolute Gasteiger partial charge is 0.459 e. The van der Waals surface area contributed by atoms with Crippen LogP contribution in [-0.4, -0.2) is 30.4 Å². The average Bonchev–Trinajstić information content (AvgIpc) is 3.20. The van der Waals surface area contributed by atoms with E-state index in [2.05, 4.69) is 34.5 Å². The van der Waals surface area contributed by atoms with Crippen molar-refractivity contribution in [3.63, 3.8) is 0 Å². The van der Waals surface area contributed by atoms with Crippen LogP contribution in [0, 0.1) is 6.92 Å². The molecule has 0 aliphatic carbocycles. The molecule has 0 saturated carbocycles. The molecule has 1 atom stereocenters. The molecule has 1 aromatic carbocycles. The first-order valence-electron chi connectivity index (χ1n) is 7.87. The maximum atomic E-state index is 12.3. The zero-order chi connectivity index (χ0) is 15.4. The number of furan rings is 1. The van der Waals surface area contributed by atoms with E-state index in [9.17, 15) is 4.79 Å². The van der Waals surface area contributed by atoms with Gasteiger partial charge < -0.3 is 9.73 Å². The fourth-order valence-electron chi connectivity index (χ4n) is 3.06. The summed E-state index contributed by atoms with van der Waals surface area (Å²) in [6.45, 7) is 4.67. The zero-order valence-corrected chi connectivity index (χ0v) is 12.9. The van der Waals surface area contributed by atoms with E-state index < -0.39 is 0 Å². The smallest absolute Gasteiger partial charge is 0.287 e. The highest BCUT2D eigenvalue weighted by Crippen LogP contribution is 2.24. The van der Waals surface area contributed by atoms with Crippen molar-refractivity contribution in [3.05, 3.63) is 59.5 Å². The summed E-state index contributed by atoms with van der Waals surface area (Å²) >= 11 is 0. The van der Waals surface area contributed by atoms with E-state index in [0.717, 1.165) is 18.7 Å². The molecule has 0 spiro atoms. The van der Waals surface area contributed by atoms with Gasteiger partial charge in [0.15, 0.2) is 5.76 Å². The van der Waals surface area contributed by atoms with Crippen molar-refractivity contribution in [2.24, 2.45) is 0 Å². The highest BCUT2D eigenvalue weighted by molar-refractivity contribution is 5.92. The Morgan fingerprint density at radius 1 is 1.23 bits per heavy atom. The Morgan fingerprint density at radius 2 is 1.95 bits per heavy atom. The zero-order valence-electron chi connectivity index (χ0n) is 12.9. The quantitative estimate of drug-likeness (QED) is 0.922. The number of hydrogen-bond donors (Lipinski definition) is 1. The van der Waals surface area contributed by atoms with E-state index in [1.807, 2.05) is 19.1 Å². The molecule has 1 N–H and O–H groups in total. The number of benzene rings is 1. The molecule has 0 bridgehead atoms. The van der Waals surface area contributed by atoms with Gasteiger partial charge in [0.1, 0.15) is 0 Å². The molecule has 0 radical (unpaired) electrons. The van der Waals surface area contributed by atoms with E-state index in [4.69, 9.17) is 4.42 Å². The third-order valence-corrected chi connectivity index (χ3v) is 4.29.